The highest BCUT2D eigenvalue weighted by Gasteiger charge is 2.42. The summed E-state index contributed by atoms with van der Waals surface area (Å²) in [5.74, 6) is 0. The van der Waals surface area contributed by atoms with Gasteiger partial charge in [0.1, 0.15) is 6.10 Å². The highest BCUT2D eigenvalue weighted by molar-refractivity contribution is 6.60. The van der Waals surface area contributed by atoms with E-state index in [1.807, 2.05) is 0 Å². The van der Waals surface area contributed by atoms with Crippen molar-refractivity contribution in [2.24, 2.45) is 0 Å². The molecule has 2 unspecified atom stereocenters. The van der Waals surface area contributed by atoms with Crippen LogP contribution in [0.1, 0.15) is 239 Å². The normalized spacial score (nSPS) is 20.8. The molecule has 0 spiro atoms. The Bertz CT molecular complexity index is 1310. The van der Waals surface area contributed by atoms with E-state index < -0.39 is 18.1 Å². The van der Waals surface area contributed by atoms with Crippen molar-refractivity contribution in [3.8, 4) is 0 Å². The Morgan fingerprint density at radius 2 is 0.771 bits per heavy atom. The number of hydrogen-bond donors (Lipinski definition) is 1. The van der Waals surface area contributed by atoms with Crippen molar-refractivity contribution < 1.29 is 89.4 Å². The van der Waals surface area contributed by atoms with Crippen LogP contribution in [0.4, 0.5) is 0 Å². The third-order valence-electron chi connectivity index (χ3n) is 16.5. The van der Waals surface area contributed by atoms with Gasteiger partial charge >= 0.3 is 18.1 Å². The van der Waals surface area contributed by atoms with E-state index in [1.54, 1.807) is 0 Å². The van der Waals surface area contributed by atoms with Crippen LogP contribution >= 0.6 is 0 Å². The highest BCUT2D eigenvalue weighted by Crippen LogP contribution is 2.22. The fourth-order valence-electron chi connectivity index (χ4n) is 11.3. The van der Waals surface area contributed by atoms with E-state index in [9.17, 15) is 0 Å². The van der Waals surface area contributed by atoms with Gasteiger partial charge in [0.2, 0.25) is 0 Å². The van der Waals surface area contributed by atoms with Crippen molar-refractivity contribution in [2.75, 3.05) is 160 Å². The van der Waals surface area contributed by atoms with Gasteiger partial charge in [-0.3, -0.25) is 0 Å². The van der Waals surface area contributed by atoms with E-state index in [1.165, 1.54) is 225 Å². The van der Waals surface area contributed by atoms with Crippen molar-refractivity contribution in [3.63, 3.8) is 0 Å². The number of rotatable bonds is 47. The van der Waals surface area contributed by atoms with E-state index in [2.05, 4.69) is 42.0 Å². The lowest BCUT2D eigenvalue weighted by molar-refractivity contribution is -0.890. The van der Waals surface area contributed by atoms with Crippen molar-refractivity contribution in [3.05, 3.63) is 0 Å². The SMILES string of the molecule is CCCCCCCCCCCCCCCCCC[N+](C)(C)CCC[SiH]1OCCOCC(CCOCCO)OCCO1.CCCCCCCCCCCCCCCCCC[N+](C)(C)CCC[Si]12OCCOCC(COCCO1)OCCO2.[Cl-].[Cl-]. The summed E-state index contributed by atoms with van der Waals surface area (Å²) in [6, 6.07) is 1.87. The summed E-state index contributed by atoms with van der Waals surface area (Å²) in [7, 11) is 4.98. The monoisotopic (exact) mass is 1260 g/mol. The molecule has 0 amide bonds. The van der Waals surface area contributed by atoms with Gasteiger partial charge in [-0.15, -0.1) is 0 Å². The first-order valence-corrected chi connectivity index (χ1v) is 38.3. The van der Waals surface area contributed by atoms with Crippen LogP contribution in [-0.4, -0.2) is 204 Å². The maximum absolute atomic E-state index is 8.84. The summed E-state index contributed by atoms with van der Waals surface area (Å²) in [4.78, 5) is 0. The maximum Gasteiger partial charge on any atom is 0.501 e. The molecule has 0 aromatic rings. The Kier molecular flexibility index (Phi) is 60.4. The summed E-state index contributed by atoms with van der Waals surface area (Å²) >= 11 is 0. The van der Waals surface area contributed by atoms with E-state index in [0.29, 0.717) is 99.1 Å². The van der Waals surface area contributed by atoms with Gasteiger partial charge in [0.25, 0.3) is 0 Å². The van der Waals surface area contributed by atoms with Crippen molar-refractivity contribution >= 4 is 18.1 Å². The number of unbranched alkanes of at least 4 members (excludes halogenated alkanes) is 30. The lowest BCUT2D eigenvalue weighted by atomic mass is 10.0. The third kappa shape index (κ3) is 52.9. The van der Waals surface area contributed by atoms with Crippen LogP contribution in [0.15, 0.2) is 0 Å². The molecule has 0 aromatic heterocycles. The predicted octanol–water partition coefficient (Wildman–Crippen LogP) is 7.94. The number of halogens is 2. The summed E-state index contributed by atoms with van der Waals surface area (Å²) in [5.41, 5.74) is 0. The first kappa shape index (κ1) is 83.5. The molecule has 500 valence electrons. The fraction of sp³-hybridized carbons (Fsp3) is 1.00. The minimum Gasteiger partial charge on any atom is -1.00 e. The molecule has 3 aliphatic heterocycles. The van der Waals surface area contributed by atoms with Gasteiger partial charge in [-0.2, -0.15) is 0 Å². The Morgan fingerprint density at radius 1 is 0.410 bits per heavy atom. The van der Waals surface area contributed by atoms with Gasteiger partial charge in [-0.1, -0.05) is 194 Å². The van der Waals surface area contributed by atoms with Crippen LogP contribution in [0.5, 0.6) is 0 Å². The van der Waals surface area contributed by atoms with Gasteiger partial charge in [-0.25, -0.2) is 0 Å². The molecule has 83 heavy (non-hydrogen) atoms. The zero-order chi connectivity index (χ0) is 58.3. The Balaban J connectivity index is 0.00000158. The molecule has 2 bridgehead atoms. The van der Waals surface area contributed by atoms with Crippen molar-refractivity contribution in [1.29, 1.82) is 0 Å². The second-order valence-electron chi connectivity index (χ2n) is 25.4. The van der Waals surface area contributed by atoms with Crippen LogP contribution in [0, 0.1) is 0 Å². The summed E-state index contributed by atoms with van der Waals surface area (Å²) < 4.78 is 67.8. The van der Waals surface area contributed by atoms with Crippen LogP contribution < -0.4 is 24.8 Å². The second kappa shape index (κ2) is 60.0. The molecular formula is C65H136Cl2N2O12Si2. The number of fused-ring (bicyclic) bond motifs is 5. The molecule has 18 heteroatoms. The van der Waals surface area contributed by atoms with Gasteiger partial charge < -0.3 is 89.4 Å². The molecule has 0 radical (unpaired) electrons. The maximum atomic E-state index is 8.84. The van der Waals surface area contributed by atoms with E-state index in [0.717, 1.165) is 46.9 Å². The number of hydrogen-bond acceptors (Lipinski definition) is 12. The zero-order valence-corrected chi connectivity index (χ0v) is 58.8. The largest absolute Gasteiger partial charge is 1.00 e. The Morgan fingerprint density at radius 3 is 1.22 bits per heavy atom. The summed E-state index contributed by atoms with van der Waals surface area (Å²) in [6.07, 6.45) is 48.3. The zero-order valence-electron chi connectivity index (χ0n) is 55.1. The molecule has 3 rings (SSSR count). The molecule has 14 nitrogen and oxygen atoms in total. The molecule has 2 atom stereocenters. The van der Waals surface area contributed by atoms with Gasteiger partial charge in [0.15, 0.2) is 0 Å². The first-order chi connectivity index (χ1) is 39.6. The molecule has 3 fully saturated rings. The average Bonchev–Trinajstić information content (AvgIpc) is 3.61. The minimum absolute atomic E-state index is 0. The first-order valence-electron chi connectivity index (χ1n) is 34.6. The van der Waals surface area contributed by atoms with Crippen LogP contribution in [0.3, 0.4) is 0 Å². The average molecular weight is 1260 g/mol. The number of nitrogens with zero attached hydrogens (tertiary/aromatic N) is 2. The van der Waals surface area contributed by atoms with Gasteiger partial charge in [0, 0.05) is 19.1 Å². The topological polar surface area (TPSA) is 122 Å². The molecule has 3 aliphatic rings. The van der Waals surface area contributed by atoms with Crippen LogP contribution in [0.25, 0.3) is 0 Å². The molecule has 0 aliphatic carbocycles. The number of quaternary nitrogens is 2. The fourth-order valence-corrected chi connectivity index (χ4v) is 15.4. The number of aliphatic hydroxyl groups is 1. The van der Waals surface area contributed by atoms with Crippen LogP contribution in [0.2, 0.25) is 12.1 Å². The minimum atomic E-state index is -2.79. The van der Waals surface area contributed by atoms with E-state index in [-0.39, 0.29) is 43.6 Å². The smallest absolute Gasteiger partial charge is 0.501 e. The summed E-state index contributed by atoms with van der Waals surface area (Å²) in [6.45, 7) is 17.4. The predicted molar refractivity (Wildman–Crippen MR) is 339 cm³/mol. The molecule has 3 heterocycles. The molecule has 1 N–H and O–H groups in total. The van der Waals surface area contributed by atoms with E-state index >= 15 is 0 Å². The van der Waals surface area contributed by atoms with Crippen molar-refractivity contribution in [1.82, 2.24) is 0 Å². The quantitative estimate of drug-likeness (QED) is 0.0362. The summed E-state index contributed by atoms with van der Waals surface area (Å²) in [5, 5.41) is 8.84. The molecular weight excluding hydrogens is 1130 g/mol. The van der Waals surface area contributed by atoms with Gasteiger partial charge in [-0.05, 0) is 44.6 Å². The lowest BCUT2D eigenvalue weighted by Gasteiger charge is -2.33. The molecule has 0 saturated carbocycles. The van der Waals surface area contributed by atoms with E-state index in [4.69, 9.17) is 55.7 Å². The van der Waals surface area contributed by atoms with Crippen molar-refractivity contribution in [2.45, 2.75) is 263 Å². The molecule has 0 aromatic carbocycles. The number of aliphatic hydroxyl groups excluding tert-OH is 1. The van der Waals surface area contributed by atoms with Crippen LogP contribution in [-0.2, 0) is 50.6 Å². The Hall–Kier alpha value is 0.454. The Labute approximate surface area is 527 Å². The standard InChI is InChI=1S/C33H70NO6Si.C32H66NO6Si.2ClH/c1-4-5-6-7-8-9-10-11-12-13-14-15-16-17-18-19-22-34(2,3)23-20-31-41-39-29-27-37-32-33(38-28-30-40-41)21-25-36-26-24-35;1-4-5-6-7-8-9-10-11-12-13-14-15-16-17-18-19-21-33(2,3)22-20-29-40-37-26-23-34-30-32(36-25-28-39-40)31-35-24-27-38-40;;/h33,35,41H,4-32H2,1-3H3;32H,4-31H2,1-3H3;2*1H/q2*+1;;/p-2. The third-order valence-corrected chi connectivity index (χ3v) is 21.5. The highest BCUT2D eigenvalue weighted by atomic mass is 35.5. The molecule has 3 saturated heterocycles. The number of ether oxygens (including phenoxy) is 6. The second-order valence-corrected chi connectivity index (χ2v) is 30.2. The van der Waals surface area contributed by atoms with Gasteiger partial charge in [0.05, 0.1) is 160 Å². The lowest BCUT2D eigenvalue weighted by Crippen LogP contribution is -3.00.